The molecular formula is C16H20ClNO4S. The van der Waals surface area contributed by atoms with E-state index in [4.69, 9.17) is 33.3 Å². The van der Waals surface area contributed by atoms with E-state index in [1.165, 1.54) is 19.9 Å². The molecular weight excluding hydrogens is 338 g/mol. The molecule has 0 radical (unpaired) electrons. The minimum Gasteiger partial charge on any atom is -0.430 e. The van der Waals surface area contributed by atoms with Crippen LogP contribution < -0.4 is 9.47 Å². The van der Waals surface area contributed by atoms with E-state index in [1.54, 1.807) is 19.0 Å². The number of thiocarbonyl (C=S) groups is 1. The Morgan fingerprint density at radius 3 is 2.26 bits per heavy atom. The van der Waals surface area contributed by atoms with Gasteiger partial charge in [-0.3, -0.25) is 9.59 Å². The highest BCUT2D eigenvalue weighted by Crippen LogP contribution is 2.40. The molecule has 23 heavy (non-hydrogen) atoms. The van der Waals surface area contributed by atoms with Crippen molar-refractivity contribution in [2.24, 2.45) is 0 Å². The van der Waals surface area contributed by atoms with Gasteiger partial charge < -0.3 is 14.4 Å². The van der Waals surface area contributed by atoms with Crippen LogP contribution in [-0.4, -0.2) is 35.9 Å². The van der Waals surface area contributed by atoms with Crippen LogP contribution in [0.25, 0.3) is 0 Å². The van der Waals surface area contributed by atoms with E-state index >= 15 is 0 Å². The standard InChI is InChI=1S/C16H20ClNO4S/c1-6-7-11-14(21-10(3)20)12(9(2)19)8-13(17)15(11)22-16(23)18(4)5/h8H,6-7H2,1-5H3. The molecule has 0 atom stereocenters. The van der Waals surface area contributed by atoms with Gasteiger partial charge in [-0.15, -0.1) is 0 Å². The zero-order valence-electron chi connectivity index (χ0n) is 13.9. The van der Waals surface area contributed by atoms with Crippen LogP contribution in [0.2, 0.25) is 5.02 Å². The highest BCUT2D eigenvalue weighted by Gasteiger charge is 2.24. The number of rotatable bonds is 5. The minimum absolute atomic E-state index is 0.188. The molecule has 126 valence electrons. The third-order valence-electron chi connectivity index (χ3n) is 2.96. The van der Waals surface area contributed by atoms with Crippen LogP contribution in [0.1, 0.15) is 43.1 Å². The van der Waals surface area contributed by atoms with E-state index < -0.39 is 5.97 Å². The molecule has 0 saturated heterocycles. The highest BCUT2D eigenvalue weighted by atomic mass is 35.5. The highest BCUT2D eigenvalue weighted by molar-refractivity contribution is 7.80. The van der Waals surface area contributed by atoms with E-state index in [0.29, 0.717) is 17.7 Å². The summed E-state index contributed by atoms with van der Waals surface area (Å²) in [5.74, 6) is -0.267. The molecule has 0 aliphatic rings. The zero-order valence-corrected chi connectivity index (χ0v) is 15.4. The molecule has 1 rings (SSSR count). The summed E-state index contributed by atoms with van der Waals surface area (Å²) in [6, 6.07) is 1.44. The van der Waals surface area contributed by atoms with Gasteiger partial charge >= 0.3 is 5.97 Å². The predicted octanol–water partition coefficient (Wildman–Crippen LogP) is 3.65. The summed E-state index contributed by atoms with van der Waals surface area (Å²) >= 11 is 11.4. The Labute approximate surface area is 146 Å². The van der Waals surface area contributed by atoms with Crippen molar-refractivity contribution in [2.45, 2.75) is 33.6 Å². The maximum Gasteiger partial charge on any atom is 0.308 e. The number of Topliss-reactive ketones (excluding diaryl/α,β-unsaturated/α-hetero) is 1. The molecule has 1 aromatic carbocycles. The summed E-state index contributed by atoms with van der Waals surface area (Å²) in [5.41, 5.74) is 0.807. The van der Waals surface area contributed by atoms with E-state index in [1.807, 2.05) is 6.92 Å². The van der Waals surface area contributed by atoms with Gasteiger partial charge in [0.05, 0.1) is 10.6 Å². The number of ketones is 1. The van der Waals surface area contributed by atoms with Gasteiger partial charge in [0.1, 0.15) is 5.75 Å². The molecule has 0 aliphatic heterocycles. The first-order valence-electron chi connectivity index (χ1n) is 7.12. The van der Waals surface area contributed by atoms with Crippen LogP contribution in [0.5, 0.6) is 11.5 Å². The Morgan fingerprint density at radius 2 is 1.83 bits per heavy atom. The van der Waals surface area contributed by atoms with Crippen LogP contribution in [0.3, 0.4) is 0 Å². The monoisotopic (exact) mass is 357 g/mol. The second kappa shape index (κ2) is 8.26. The quantitative estimate of drug-likeness (QED) is 0.347. The lowest BCUT2D eigenvalue weighted by Gasteiger charge is -2.20. The SMILES string of the molecule is CCCc1c(OC(=S)N(C)C)c(Cl)cc(C(C)=O)c1OC(C)=O. The van der Waals surface area contributed by atoms with Crippen molar-refractivity contribution >= 4 is 40.7 Å². The second-order valence-electron chi connectivity index (χ2n) is 5.20. The molecule has 0 heterocycles. The third kappa shape index (κ3) is 4.91. The van der Waals surface area contributed by atoms with Gasteiger partial charge in [-0.2, -0.15) is 0 Å². The van der Waals surface area contributed by atoms with Crippen LogP contribution >= 0.6 is 23.8 Å². The molecule has 0 N–H and O–H groups in total. The summed E-state index contributed by atoms with van der Waals surface area (Å²) in [4.78, 5) is 24.9. The fourth-order valence-corrected chi connectivity index (χ4v) is 2.30. The first kappa shape index (κ1) is 19.4. The summed E-state index contributed by atoms with van der Waals surface area (Å²) in [7, 11) is 3.49. The number of benzene rings is 1. The first-order chi connectivity index (χ1) is 10.7. The van der Waals surface area contributed by atoms with Gasteiger partial charge in [0.25, 0.3) is 5.17 Å². The van der Waals surface area contributed by atoms with Crippen molar-refractivity contribution in [3.63, 3.8) is 0 Å². The van der Waals surface area contributed by atoms with E-state index in [-0.39, 0.29) is 27.3 Å². The average Bonchev–Trinajstić information content (AvgIpc) is 2.44. The molecule has 5 nitrogen and oxygen atoms in total. The number of halogens is 1. The van der Waals surface area contributed by atoms with Crippen LogP contribution in [0, 0.1) is 0 Å². The molecule has 1 aromatic rings. The topological polar surface area (TPSA) is 55.8 Å². The largest absolute Gasteiger partial charge is 0.430 e. The number of carbonyl (C=O) groups is 2. The van der Waals surface area contributed by atoms with Crippen molar-refractivity contribution in [1.29, 1.82) is 0 Å². The maximum absolute atomic E-state index is 11.9. The molecule has 0 amide bonds. The normalized spacial score (nSPS) is 10.2. The smallest absolute Gasteiger partial charge is 0.308 e. The zero-order chi connectivity index (χ0) is 17.7. The number of hydrogen-bond acceptors (Lipinski definition) is 5. The van der Waals surface area contributed by atoms with Crippen molar-refractivity contribution in [1.82, 2.24) is 4.90 Å². The van der Waals surface area contributed by atoms with E-state index in [9.17, 15) is 9.59 Å². The summed E-state index contributed by atoms with van der Waals surface area (Å²) < 4.78 is 10.9. The number of hydrogen-bond donors (Lipinski definition) is 0. The Balaban J connectivity index is 3.58. The van der Waals surface area contributed by atoms with Gasteiger partial charge in [0.15, 0.2) is 11.5 Å². The summed E-state index contributed by atoms with van der Waals surface area (Å²) in [6.45, 7) is 4.62. The predicted molar refractivity (Wildman–Crippen MR) is 93.7 cm³/mol. The fraction of sp³-hybridized carbons (Fsp3) is 0.438. The van der Waals surface area contributed by atoms with Crippen LogP contribution in [-0.2, 0) is 11.2 Å². The van der Waals surface area contributed by atoms with Crippen LogP contribution in [0.4, 0.5) is 0 Å². The number of esters is 1. The van der Waals surface area contributed by atoms with Gasteiger partial charge in [-0.1, -0.05) is 24.9 Å². The minimum atomic E-state index is -0.520. The van der Waals surface area contributed by atoms with Crippen molar-refractivity contribution in [3.8, 4) is 11.5 Å². The fourth-order valence-electron chi connectivity index (χ4n) is 1.96. The van der Waals surface area contributed by atoms with Gasteiger partial charge in [-0.25, -0.2) is 0 Å². The second-order valence-corrected chi connectivity index (χ2v) is 5.96. The number of ether oxygens (including phenoxy) is 2. The van der Waals surface area contributed by atoms with Crippen molar-refractivity contribution in [3.05, 3.63) is 22.2 Å². The molecule has 0 aromatic heterocycles. The van der Waals surface area contributed by atoms with Crippen molar-refractivity contribution < 1.29 is 19.1 Å². The molecule has 0 saturated carbocycles. The third-order valence-corrected chi connectivity index (χ3v) is 3.69. The Hall–Kier alpha value is -1.66. The lowest BCUT2D eigenvalue weighted by atomic mass is 10.0. The van der Waals surface area contributed by atoms with Crippen molar-refractivity contribution in [2.75, 3.05) is 14.1 Å². The molecule has 0 fully saturated rings. The number of nitrogens with zero attached hydrogens (tertiary/aromatic N) is 1. The molecule has 0 spiro atoms. The maximum atomic E-state index is 11.9. The van der Waals surface area contributed by atoms with Gasteiger partial charge in [0.2, 0.25) is 0 Å². The molecule has 7 heteroatoms. The summed E-state index contributed by atoms with van der Waals surface area (Å²) in [6.07, 6.45) is 1.27. The van der Waals surface area contributed by atoms with E-state index in [2.05, 4.69) is 0 Å². The van der Waals surface area contributed by atoms with E-state index in [0.717, 1.165) is 6.42 Å². The Bertz CT molecular complexity index is 643. The molecule has 0 aliphatic carbocycles. The van der Waals surface area contributed by atoms with Gasteiger partial charge in [-0.05, 0) is 31.6 Å². The Kier molecular flexibility index (Phi) is 6.97. The van der Waals surface area contributed by atoms with Gasteiger partial charge in [0, 0.05) is 26.6 Å². The Morgan fingerprint density at radius 1 is 1.22 bits per heavy atom. The lowest BCUT2D eigenvalue weighted by molar-refractivity contribution is -0.131. The average molecular weight is 358 g/mol. The first-order valence-corrected chi connectivity index (χ1v) is 7.91. The number of carbonyl (C=O) groups excluding carboxylic acids is 2. The summed E-state index contributed by atoms with van der Waals surface area (Å²) in [5, 5.41) is 0.465. The lowest BCUT2D eigenvalue weighted by Crippen LogP contribution is -2.26. The van der Waals surface area contributed by atoms with Crippen LogP contribution in [0.15, 0.2) is 6.07 Å². The molecule has 0 unspecified atom stereocenters. The molecule has 0 bridgehead atoms.